The number of carbonyl (C=O) groups is 1. The maximum Gasteiger partial charge on any atom is 0.137 e. The predicted octanol–water partition coefficient (Wildman–Crippen LogP) is 5.95. The fourth-order valence-corrected chi connectivity index (χ4v) is 7.88. The molecule has 2 saturated heterocycles. The zero-order chi connectivity index (χ0) is 23.7. The van der Waals surface area contributed by atoms with Crippen molar-refractivity contribution < 1.29 is 14.3 Å². The summed E-state index contributed by atoms with van der Waals surface area (Å²) in [7, 11) is 4.15. The molecule has 0 amide bonds. The van der Waals surface area contributed by atoms with Crippen LogP contribution >= 0.6 is 0 Å². The standard InChI is InChI=1S/C30H37NO3/c1-19-14-16-34-30(19)15-13-26-25-11-7-21-17-23(32)10-12-24(21)27(25)28(33-18-29(26,30)2)20-5-8-22(9-6-20)31(3)4/h5-9,25-26,28H,1,10-18H2,2-4H3/t25?,26?,28-,29+,30?/m1/s1. The number of anilines is 1. The molecule has 6 rings (SSSR count). The number of fused-ring (bicyclic) bond motifs is 5. The highest BCUT2D eigenvalue weighted by molar-refractivity contribution is 5.84. The molecule has 0 bridgehead atoms. The number of Topliss-reactive ketones (excluding diaryl/α,β-unsaturated/α-hetero) is 1. The van der Waals surface area contributed by atoms with E-state index in [4.69, 9.17) is 9.47 Å². The molecule has 2 saturated carbocycles. The molecule has 2 aliphatic heterocycles. The molecular weight excluding hydrogens is 422 g/mol. The van der Waals surface area contributed by atoms with Gasteiger partial charge in [0.25, 0.3) is 0 Å². The molecule has 3 unspecified atom stereocenters. The third-order valence-corrected chi connectivity index (χ3v) is 9.70. The first-order chi connectivity index (χ1) is 16.3. The van der Waals surface area contributed by atoms with Gasteiger partial charge in [-0.3, -0.25) is 4.79 Å². The van der Waals surface area contributed by atoms with Crippen LogP contribution < -0.4 is 4.90 Å². The number of hydrogen-bond donors (Lipinski definition) is 0. The van der Waals surface area contributed by atoms with Crippen LogP contribution in [0.4, 0.5) is 5.69 Å². The Kier molecular flexibility index (Phi) is 5.20. The van der Waals surface area contributed by atoms with Gasteiger partial charge < -0.3 is 14.4 Å². The summed E-state index contributed by atoms with van der Waals surface area (Å²) in [6, 6.07) is 8.86. The number of benzene rings is 1. The summed E-state index contributed by atoms with van der Waals surface area (Å²) in [4.78, 5) is 14.4. The van der Waals surface area contributed by atoms with Crippen LogP contribution in [0.2, 0.25) is 0 Å². The van der Waals surface area contributed by atoms with Crippen molar-refractivity contribution in [1.82, 2.24) is 0 Å². The molecule has 180 valence electrons. The van der Waals surface area contributed by atoms with Gasteiger partial charge in [0.05, 0.1) is 18.8 Å². The van der Waals surface area contributed by atoms with E-state index in [-0.39, 0.29) is 17.1 Å². The van der Waals surface area contributed by atoms with E-state index in [0.29, 0.717) is 37.1 Å². The van der Waals surface area contributed by atoms with Gasteiger partial charge in [-0.1, -0.05) is 31.7 Å². The Labute approximate surface area is 203 Å². The fraction of sp³-hybridized carbons (Fsp3) is 0.567. The van der Waals surface area contributed by atoms with Gasteiger partial charge in [0, 0.05) is 38.0 Å². The summed E-state index contributed by atoms with van der Waals surface area (Å²) in [5.41, 5.74) is 7.45. The smallest absolute Gasteiger partial charge is 0.137 e. The summed E-state index contributed by atoms with van der Waals surface area (Å²) in [6.07, 6.45) is 8.56. The first kappa shape index (κ1) is 22.3. The second-order valence-electron chi connectivity index (χ2n) is 11.5. The maximum atomic E-state index is 12.3. The summed E-state index contributed by atoms with van der Waals surface area (Å²) < 4.78 is 13.5. The molecule has 4 fully saturated rings. The molecule has 1 aromatic carbocycles. The molecule has 0 radical (unpaired) electrons. The van der Waals surface area contributed by atoms with Crippen LogP contribution in [0.15, 0.2) is 59.2 Å². The monoisotopic (exact) mass is 459 g/mol. The van der Waals surface area contributed by atoms with E-state index in [1.807, 2.05) is 0 Å². The van der Waals surface area contributed by atoms with Gasteiger partial charge in [0.15, 0.2) is 0 Å². The normalized spacial score (nSPS) is 37.3. The van der Waals surface area contributed by atoms with E-state index >= 15 is 0 Å². The van der Waals surface area contributed by atoms with Crippen molar-refractivity contribution >= 4 is 11.5 Å². The van der Waals surface area contributed by atoms with E-state index in [2.05, 4.69) is 62.8 Å². The van der Waals surface area contributed by atoms with E-state index in [1.54, 1.807) is 0 Å². The molecule has 3 aliphatic carbocycles. The maximum absolute atomic E-state index is 12.3. The van der Waals surface area contributed by atoms with Crippen LogP contribution in [0.5, 0.6) is 0 Å². The minimum absolute atomic E-state index is 0.0674. The van der Waals surface area contributed by atoms with Gasteiger partial charge in [-0.25, -0.2) is 0 Å². The third kappa shape index (κ3) is 3.07. The zero-order valence-corrected chi connectivity index (χ0v) is 20.9. The summed E-state index contributed by atoms with van der Waals surface area (Å²) in [6.45, 7) is 8.36. The number of nitrogens with zero attached hydrogens (tertiary/aromatic N) is 1. The molecule has 5 aliphatic rings. The minimum atomic E-state index is -0.260. The van der Waals surface area contributed by atoms with Crippen LogP contribution in [-0.2, 0) is 14.3 Å². The number of allylic oxidation sites excluding steroid dienone is 3. The number of carbonyl (C=O) groups excluding carboxylic acids is 1. The van der Waals surface area contributed by atoms with Gasteiger partial charge in [-0.15, -0.1) is 0 Å². The lowest BCUT2D eigenvalue weighted by molar-refractivity contribution is -0.118. The summed E-state index contributed by atoms with van der Waals surface area (Å²) >= 11 is 0. The second-order valence-corrected chi connectivity index (χ2v) is 11.5. The highest BCUT2D eigenvalue weighted by atomic mass is 16.5. The lowest BCUT2D eigenvalue weighted by Gasteiger charge is -2.45. The van der Waals surface area contributed by atoms with Gasteiger partial charge in [0.1, 0.15) is 11.9 Å². The molecule has 1 spiro atoms. The predicted molar refractivity (Wildman–Crippen MR) is 135 cm³/mol. The molecule has 2 heterocycles. The zero-order valence-electron chi connectivity index (χ0n) is 20.9. The van der Waals surface area contributed by atoms with Crippen molar-refractivity contribution in [3.05, 3.63) is 64.8 Å². The van der Waals surface area contributed by atoms with Crippen LogP contribution in [0, 0.1) is 17.3 Å². The van der Waals surface area contributed by atoms with Gasteiger partial charge >= 0.3 is 0 Å². The number of hydrogen-bond acceptors (Lipinski definition) is 4. The van der Waals surface area contributed by atoms with Crippen LogP contribution in [0.25, 0.3) is 0 Å². The van der Waals surface area contributed by atoms with Crippen molar-refractivity contribution in [1.29, 1.82) is 0 Å². The average molecular weight is 460 g/mol. The highest BCUT2D eigenvalue weighted by Gasteiger charge is 2.64. The van der Waals surface area contributed by atoms with Crippen molar-refractivity contribution in [2.45, 2.75) is 63.6 Å². The van der Waals surface area contributed by atoms with E-state index < -0.39 is 0 Å². The second kappa shape index (κ2) is 7.93. The molecule has 5 atom stereocenters. The average Bonchev–Trinajstić information content (AvgIpc) is 3.30. The highest BCUT2D eigenvalue weighted by Crippen LogP contribution is 2.65. The Morgan fingerprint density at radius 2 is 1.91 bits per heavy atom. The Bertz CT molecular complexity index is 1100. The number of rotatable bonds is 2. The van der Waals surface area contributed by atoms with Crippen LogP contribution in [0.1, 0.15) is 63.5 Å². The van der Waals surface area contributed by atoms with Crippen molar-refractivity contribution in [3.63, 3.8) is 0 Å². The van der Waals surface area contributed by atoms with Crippen molar-refractivity contribution in [3.8, 4) is 0 Å². The third-order valence-electron chi connectivity index (χ3n) is 9.70. The Morgan fingerprint density at radius 3 is 2.62 bits per heavy atom. The largest absolute Gasteiger partial charge is 0.378 e. The Balaban J connectivity index is 1.48. The van der Waals surface area contributed by atoms with Gasteiger partial charge in [-0.05, 0) is 83.9 Å². The SMILES string of the molecule is C=C1CCOC12CCC1C3CC=C4CC(=O)CCC4=C3[C@@H](c3ccc(N(C)C)cc3)OC[C@@]12C. The van der Waals surface area contributed by atoms with Crippen LogP contribution in [-0.4, -0.2) is 38.7 Å². The summed E-state index contributed by atoms with van der Waals surface area (Å²) in [5, 5.41) is 0. The topological polar surface area (TPSA) is 38.8 Å². The Hall–Kier alpha value is -2.17. The molecule has 1 aromatic rings. The molecule has 4 nitrogen and oxygen atoms in total. The minimum Gasteiger partial charge on any atom is -0.378 e. The van der Waals surface area contributed by atoms with Crippen LogP contribution in [0.3, 0.4) is 0 Å². The molecule has 0 aromatic heterocycles. The van der Waals surface area contributed by atoms with Gasteiger partial charge in [-0.2, -0.15) is 0 Å². The lowest BCUT2D eigenvalue weighted by Crippen LogP contribution is -2.49. The molecule has 4 heteroatoms. The number of ether oxygens (including phenoxy) is 2. The van der Waals surface area contributed by atoms with Crippen molar-refractivity contribution in [2.75, 3.05) is 32.2 Å². The van der Waals surface area contributed by atoms with E-state index in [0.717, 1.165) is 38.7 Å². The fourth-order valence-electron chi connectivity index (χ4n) is 7.88. The molecule has 0 N–H and O–H groups in total. The first-order valence-electron chi connectivity index (χ1n) is 13.0. The lowest BCUT2D eigenvalue weighted by atomic mass is 9.61. The quantitative estimate of drug-likeness (QED) is 0.512. The summed E-state index contributed by atoms with van der Waals surface area (Å²) in [5.74, 6) is 1.29. The number of ketones is 1. The van der Waals surface area contributed by atoms with E-state index in [1.165, 1.54) is 33.5 Å². The van der Waals surface area contributed by atoms with E-state index in [9.17, 15) is 4.79 Å². The van der Waals surface area contributed by atoms with Gasteiger partial charge in [0.2, 0.25) is 0 Å². The molecule has 34 heavy (non-hydrogen) atoms. The molecular formula is C30H37NO3. The first-order valence-corrected chi connectivity index (χ1v) is 13.0. The Morgan fingerprint density at radius 1 is 1.12 bits per heavy atom. The van der Waals surface area contributed by atoms with Crippen molar-refractivity contribution in [2.24, 2.45) is 17.3 Å².